The molecule has 3 N–H and O–H groups in total. The zero-order chi connectivity index (χ0) is 14.2. The molecule has 5 nitrogen and oxygen atoms in total. The fourth-order valence-electron chi connectivity index (χ4n) is 1.63. The van der Waals surface area contributed by atoms with Crippen molar-refractivity contribution in [2.45, 2.75) is 18.4 Å². The molecule has 1 saturated carbocycles. The average Bonchev–Trinajstić information content (AvgIpc) is 3.10. The van der Waals surface area contributed by atoms with Crippen LogP contribution in [0.5, 0.6) is 0 Å². The summed E-state index contributed by atoms with van der Waals surface area (Å²) in [6.45, 7) is 0. The van der Waals surface area contributed by atoms with Crippen LogP contribution >= 0.6 is 0 Å². The third-order valence-electron chi connectivity index (χ3n) is 3.10. The second-order valence-corrected chi connectivity index (χ2v) is 5.00. The Labute approximate surface area is 110 Å². The summed E-state index contributed by atoms with van der Waals surface area (Å²) in [7, 11) is 3.07. The zero-order valence-corrected chi connectivity index (χ0v) is 10.9. The fourth-order valence-corrected chi connectivity index (χ4v) is 1.63. The molecule has 1 aromatic carbocycles. The fraction of sp³-hybridized carbons (Fsp3) is 0.385. The SMILES string of the molecule is CN(C)C(=O)c1cc(NC(=O)C2(N)CC2)ccc1F. The number of carbonyl (C=O) groups is 2. The number of nitrogens with zero attached hydrogens (tertiary/aromatic N) is 1. The molecule has 0 spiro atoms. The van der Waals surface area contributed by atoms with Gasteiger partial charge in [-0.25, -0.2) is 4.39 Å². The second kappa shape index (κ2) is 4.62. The van der Waals surface area contributed by atoms with E-state index in [1.54, 1.807) is 0 Å². The average molecular weight is 265 g/mol. The number of nitrogens with two attached hydrogens (primary N) is 1. The highest BCUT2D eigenvalue weighted by atomic mass is 19.1. The Morgan fingerprint density at radius 1 is 1.37 bits per heavy atom. The molecule has 1 aromatic rings. The molecule has 19 heavy (non-hydrogen) atoms. The first kappa shape index (κ1) is 13.5. The lowest BCUT2D eigenvalue weighted by Gasteiger charge is -2.14. The maximum Gasteiger partial charge on any atom is 0.256 e. The predicted molar refractivity (Wildman–Crippen MR) is 69.2 cm³/mol. The van der Waals surface area contributed by atoms with Crippen molar-refractivity contribution in [2.75, 3.05) is 19.4 Å². The van der Waals surface area contributed by atoms with Crippen LogP contribution in [0.1, 0.15) is 23.2 Å². The van der Waals surface area contributed by atoms with Crippen molar-refractivity contribution in [3.8, 4) is 0 Å². The number of nitrogens with one attached hydrogen (secondary N) is 1. The van der Waals surface area contributed by atoms with Crippen LogP contribution in [0.25, 0.3) is 0 Å². The second-order valence-electron chi connectivity index (χ2n) is 5.00. The van der Waals surface area contributed by atoms with E-state index < -0.39 is 17.3 Å². The largest absolute Gasteiger partial charge is 0.345 e. The van der Waals surface area contributed by atoms with Crippen molar-refractivity contribution >= 4 is 17.5 Å². The summed E-state index contributed by atoms with van der Waals surface area (Å²) in [5.74, 6) is -1.38. The normalized spacial score (nSPS) is 15.8. The van der Waals surface area contributed by atoms with E-state index in [2.05, 4.69) is 5.32 Å². The van der Waals surface area contributed by atoms with Gasteiger partial charge < -0.3 is 16.0 Å². The summed E-state index contributed by atoms with van der Waals surface area (Å²) in [6, 6.07) is 3.88. The van der Waals surface area contributed by atoms with Gasteiger partial charge in [0.15, 0.2) is 0 Å². The van der Waals surface area contributed by atoms with Crippen molar-refractivity contribution in [2.24, 2.45) is 5.73 Å². The van der Waals surface area contributed by atoms with Crippen molar-refractivity contribution < 1.29 is 14.0 Å². The van der Waals surface area contributed by atoms with Crippen molar-refractivity contribution in [1.82, 2.24) is 4.90 Å². The molecule has 2 rings (SSSR count). The number of hydrogen-bond acceptors (Lipinski definition) is 3. The van der Waals surface area contributed by atoms with E-state index in [0.717, 1.165) is 6.07 Å². The van der Waals surface area contributed by atoms with Crippen LogP contribution in [-0.4, -0.2) is 36.3 Å². The molecule has 0 radical (unpaired) electrons. The van der Waals surface area contributed by atoms with Gasteiger partial charge in [0.05, 0.1) is 11.1 Å². The summed E-state index contributed by atoms with van der Waals surface area (Å²) >= 11 is 0. The van der Waals surface area contributed by atoms with Gasteiger partial charge in [-0.3, -0.25) is 9.59 Å². The minimum absolute atomic E-state index is 0.0790. The van der Waals surface area contributed by atoms with Gasteiger partial charge in [-0.05, 0) is 31.0 Å². The van der Waals surface area contributed by atoms with E-state index in [4.69, 9.17) is 5.73 Å². The van der Waals surface area contributed by atoms with Crippen molar-refractivity contribution in [1.29, 1.82) is 0 Å². The Kier molecular flexibility index (Phi) is 3.28. The highest BCUT2D eigenvalue weighted by Crippen LogP contribution is 2.33. The molecule has 0 aliphatic heterocycles. The number of rotatable bonds is 3. The highest BCUT2D eigenvalue weighted by Gasteiger charge is 2.45. The van der Waals surface area contributed by atoms with Crippen LogP contribution in [-0.2, 0) is 4.79 Å². The monoisotopic (exact) mass is 265 g/mol. The third kappa shape index (κ3) is 2.73. The van der Waals surface area contributed by atoms with Gasteiger partial charge in [0.1, 0.15) is 5.82 Å². The van der Waals surface area contributed by atoms with Crippen LogP contribution < -0.4 is 11.1 Å². The lowest BCUT2D eigenvalue weighted by atomic mass is 10.1. The standard InChI is InChI=1S/C13H16FN3O2/c1-17(2)11(18)9-7-8(3-4-10(9)14)16-12(19)13(15)5-6-13/h3-4,7H,5-6,15H2,1-2H3,(H,16,19). The molecular formula is C13H16FN3O2. The molecule has 1 fully saturated rings. The van der Waals surface area contributed by atoms with Gasteiger partial charge in [0.25, 0.3) is 5.91 Å². The molecule has 2 amide bonds. The number of anilines is 1. The van der Waals surface area contributed by atoms with Crippen molar-refractivity contribution in [3.05, 3.63) is 29.6 Å². The predicted octanol–water partition coefficient (Wildman–Crippen LogP) is 0.957. The van der Waals surface area contributed by atoms with E-state index in [1.165, 1.54) is 31.1 Å². The topological polar surface area (TPSA) is 75.4 Å². The van der Waals surface area contributed by atoms with Crippen LogP contribution in [0.4, 0.5) is 10.1 Å². The molecular weight excluding hydrogens is 249 g/mol. The molecule has 0 atom stereocenters. The summed E-state index contributed by atoms with van der Waals surface area (Å²) in [6.07, 6.45) is 1.28. The first-order chi connectivity index (χ1) is 8.83. The van der Waals surface area contributed by atoms with E-state index in [-0.39, 0.29) is 11.5 Å². The summed E-state index contributed by atoms with van der Waals surface area (Å²) in [4.78, 5) is 24.8. The lowest BCUT2D eigenvalue weighted by Crippen LogP contribution is -2.37. The van der Waals surface area contributed by atoms with Gasteiger partial charge in [0.2, 0.25) is 5.91 Å². The summed E-state index contributed by atoms with van der Waals surface area (Å²) in [5.41, 5.74) is 5.24. The highest BCUT2D eigenvalue weighted by molar-refractivity contribution is 6.01. The van der Waals surface area contributed by atoms with Gasteiger partial charge in [-0.15, -0.1) is 0 Å². The summed E-state index contributed by atoms with van der Waals surface area (Å²) < 4.78 is 13.6. The molecule has 0 unspecified atom stereocenters. The van der Waals surface area contributed by atoms with Gasteiger partial charge in [-0.1, -0.05) is 0 Å². The minimum atomic E-state index is -0.805. The molecule has 0 aromatic heterocycles. The number of halogens is 1. The number of amides is 2. The quantitative estimate of drug-likeness (QED) is 0.854. The molecule has 0 saturated heterocycles. The first-order valence-electron chi connectivity index (χ1n) is 5.95. The van der Waals surface area contributed by atoms with E-state index in [0.29, 0.717) is 18.5 Å². The Morgan fingerprint density at radius 3 is 2.53 bits per heavy atom. The van der Waals surface area contributed by atoms with E-state index in [1.807, 2.05) is 0 Å². The lowest BCUT2D eigenvalue weighted by molar-refractivity contribution is -0.118. The Hall–Kier alpha value is -1.95. The van der Waals surface area contributed by atoms with Crippen LogP contribution in [0.2, 0.25) is 0 Å². The Morgan fingerprint density at radius 2 is 2.00 bits per heavy atom. The maximum atomic E-state index is 13.6. The third-order valence-corrected chi connectivity index (χ3v) is 3.10. The maximum absolute atomic E-state index is 13.6. The smallest absolute Gasteiger partial charge is 0.256 e. The van der Waals surface area contributed by atoms with Crippen LogP contribution in [0, 0.1) is 5.82 Å². The first-order valence-corrected chi connectivity index (χ1v) is 5.95. The summed E-state index contributed by atoms with van der Waals surface area (Å²) in [5, 5.41) is 2.60. The van der Waals surface area contributed by atoms with Gasteiger partial charge in [-0.2, -0.15) is 0 Å². The van der Waals surface area contributed by atoms with Crippen LogP contribution in [0.3, 0.4) is 0 Å². The molecule has 0 heterocycles. The molecule has 1 aliphatic rings. The molecule has 0 bridgehead atoms. The Bertz CT molecular complexity index is 539. The molecule has 6 heteroatoms. The van der Waals surface area contributed by atoms with Gasteiger partial charge >= 0.3 is 0 Å². The van der Waals surface area contributed by atoms with E-state index in [9.17, 15) is 14.0 Å². The Balaban J connectivity index is 2.21. The van der Waals surface area contributed by atoms with E-state index >= 15 is 0 Å². The number of carbonyl (C=O) groups excluding carboxylic acids is 2. The van der Waals surface area contributed by atoms with Crippen LogP contribution in [0.15, 0.2) is 18.2 Å². The number of hydrogen-bond donors (Lipinski definition) is 2. The van der Waals surface area contributed by atoms with Gasteiger partial charge in [0, 0.05) is 19.8 Å². The number of benzene rings is 1. The molecule has 102 valence electrons. The zero-order valence-electron chi connectivity index (χ0n) is 10.9. The molecule has 1 aliphatic carbocycles. The minimum Gasteiger partial charge on any atom is -0.345 e. The van der Waals surface area contributed by atoms with Crippen molar-refractivity contribution in [3.63, 3.8) is 0 Å².